The molecule has 6 aliphatic rings. The number of carbonyl (C=O) groups is 7. The number of rotatable bonds is 27. The van der Waals surface area contributed by atoms with Crippen molar-refractivity contribution in [3.8, 4) is 28.7 Å². The molecule has 4 aromatic rings. The molecule has 3 saturated heterocycles. The number of benzene rings is 4. The van der Waals surface area contributed by atoms with Gasteiger partial charge in [0.25, 0.3) is 17.7 Å². The molecular formula is C72H89N5O26. The lowest BCUT2D eigenvalue weighted by Gasteiger charge is -2.38. The third-order valence-electron chi connectivity index (χ3n) is 18.9. The largest absolute Gasteiger partial charge is 0.493 e. The molecule has 0 aromatic heterocycles. The van der Waals surface area contributed by atoms with Gasteiger partial charge in [-0.3, -0.25) is 24.0 Å². The first-order valence-electron chi connectivity index (χ1n) is 33.7. The van der Waals surface area contributed by atoms with Crippen molar-refractivity contribution >= 4 is 52.9 Å². The van der Waals surface area contributed by atoms with Crippen molar-refractivity contribution in [1.82, 2.24) is 15.1 Å². The molecule has 5 aliphatic heterocycles. The molecule has 0 bridgehead atoms. The number of nitrogens with zero attached hydrogens (tertiary/aromatic N) is 4. The Morgan fingerprint density at radius 1 is 0.631 bits per heavy atom. The molecule has 4 aromatic carbocycles. The Morgan fingerprint density at radius 2 is 1.22 bits per heavy atom. The highest BCUT2D eigenvalue weighted by Gasteiger charge is 2.51. The molecule has 103 heavy (non-hydrogen) atoms. The van der Waals surface area contributed by atoms with Gasteiger partial charge in [0.15, 0.2) is 29.6 Å². The maximum atomic E-state index is 14.5. The summed E-state index contributed by atoms with van der Waals surface area (Å²) in [5, 5.41) is 109. The number of unbranched alkanes of at least 4 members (excludes halogenated alkanes) is 2. The molecule has 31 nitrogen and oxygen atoms in total. The van der Waals surface area contributed by atoms with Crippen LogP contribution in [0.25, 0.3) is 0 Å². The third-order valence-corrected chi connectivity index (χ3v) is 18.9. The molecule has 11 N–H and O–H groups in total. The lowest BCUT2D eigenvalue weighted by molar-refractivity contribution is -0.271. The van der Waals surface area contributed by atoms with Crippen LogP contribution in [0.3, 0.4) is 0 Å². The number of anilines is 2. The van der Waals surface area contributed by atoms with E-state index in [0.717, 1.165) is 10.5 Å². The summed E-state index contributed by atoms with van der Waals surface area (Å²) in [5.41, 5.74) is 2.63. The smallest absolute Gasteiger partial charge is 0.416 e. The zero-order chi connectivity index (χ0) is 74.6. The summed E-state index contributed by atoms with van der Waals surface area (Å²) < 4.78 is 52.7. The molecule has 4 fully saturated rings. The van der Waals surface area contributed by atoms with Gasteiger partial charge >= 0.3 is 18.0 Å². The number of aliphatic carboxylic acids is 2. The minimum Gasteiger partial charge on any atom is -0.493 e. The van der Waals surface area contributed by atoms with E-state index in [0.29, 0.717) is 53.8 Å². The van der Waals surface area contributed by atoms with Crippen molar-refractivity contribution in [2.75, 3.05) is 70.2 Å². The number of ether oxygens (including phenoxy) is 9. The van der Waals surface area contributed by atoms with Gasteiger partial charge in [-0.2, -0.15) is 0 Å². The molecule has 5 heterocycles. The van der Waals surface area contributed by atoms with Gasteiger partial charge in [0, 0.05) is 51.7 Å². The number of methoxy groups -OCH3 is 2. The van der Waals surface area contributed by atoms with E-state index in [2.05, 4.69) is 18.5 Å². The molecule has 4 amide bonds. The van der Waals surface area contributed by atoms with Crippen LogP contribution in [0, 0.1) is 18.3 Å². The Morgan fingerprint density at radius 3 is 1.84 bits per heavy atom. The fourth-order valence-corrected chi connectivity index (χ4v) is 13.5. The zero-order valence-electron chi connectivity index (χ0n) is 57.9. The lowest BCUT2D eigenvalue weighted by Crippen LogP contribution is -2.61. The predicted octanol–water partition coefficient (Wildman–Crippen LogP) is 3.16. The highest BCUT2D eigenvalue weighted by Crippen LogP contribution is 2.44. The molecule has 1 saturated carbocycles. The fraction of sp³-hybridized carbons (Fsp3) is 0.514. The molecular weight excluding hydrogens is 1350 g/mol. The number of aliphatic hydroxyl groups is 8. The van der Waals surface area contributed by atoms with Crippen molar-refractivity contribution in [3.63, 3.8) is 0 Å². The van der Waals surface area contributed by atoms with Crippen LogP contribution in [0.4, 0.5) is 16.2 Å². The van der Waals surface area contributed by atoms with Gasteiger partial charge in [0.05, 0.1) is 91.3 Å². The number of aryl methyl sites for hydroxylation is 1. The summed E-state index contributed by atoms with van der Waals surface area (Å²) >= 11 is 0. The number of Topliss-reactive ketones (excluding diaryl/α,β-unsaturated/α-hetero) is 1. The van der Waals surface area contributed by atoms with Crippen molar-refractivity contribution in [2.24, 2.45) is 11.3 Å². The number of carbonyl (C=O) groups excluding carboxylic acids is 5. The van der Waals surface area contributed by atoms with Crippen LogP contribution in [-0.4, -0.2) is 242 Å². The van der Waals surface area contributed by atoms with E-state index in [1.54, 1.807) is 41.0 Å². The highest BCUT2D eigenvalue weighted by atomic mass is 16.7. The second-order valence-electron chi connectivity index (χ2n) is 27.8. The molecule has 10 rings (SSSR count). The summed E-state index contributed by atoms with van der Waals surface area (Å²) in [5.74, 6) is -6.02. The number of carboxylic acid groups (broad SMARTS) is 2. The molecule has 0 spiro atoms. The number of hydrogen-bond donors (Lipinski definition) is 11. The van der Waals surface area contributed by atoms with Crippen LogP contribution in [0.5, 0.6) is 28.7 Å². The lowest BCUT2D eigenvalue weighted by atomic mass is 9.80. The monoisotopic (exact) mass is 1440 g/mol. The summed E-state index contributed by atoms with van der Waals surface area (Å²) in [4.78, 5) is 100. The Hall–Kier alpha value is -8.99. The van der Waals surface area contributed by atoms with Crippen LogP contribution >= 0.6 is 0 Å². The van der Waals surface area contributed by atoms with Gasteiger partial charge in [-0.15, -0.1) is 0 Å². The molecule has 31 heteroatoms. The van der Waals surface area contributed by atoms with Gasteiger partial charge in [-0.1, -0.05) is 57.2 Å². The van der Waals surface area contributed by atoms with E-state index >= 15 is 0 Å². The number of fused-ring (bicyclic) bond motifs is 4. The molecule has 0 radical (unpaired) electrons. The summed E-state index contributed by atoms with van der Waals surface area (Å²) in [6.07, 6.45) is -18.8. The normalized spacial score (nSPS) is 26.1. The van der Waals surface area contributed by atoms with Gasteiger partial charge in [0.1, 0.15) is 73.4 Å². The Kier molecular flexibility index (Phi) is 24.1. The third kappa shape index (κ3) is 16.8. The molecule has 558 valence electrons. The van der Waals surface area contributed by atoms with Gasteiger partial charge in [-0.25, -0.2) is 14.5 Å². The Labute approximate surface area is 592 Å². The predicted molar refractivity (Wildman–Crippen MR) is 362 cm³/mol. The maximum absolute atomic E-state index is 14.5. The topological polar surface area (TPSA) is 430 Å². The average Bonchev–Trinajstić information content (AvgIpc) is 1.63. The summed E-state index contributed by atoms with van der Waals surface area (Å²) in [6.45, 7) is 15.4. The molecule has 2 unspecified atom stereocenters. The zero-order valence-corrected chi connectivity index (χ0v) is 57.9. The number of nitrogens with one attached hydrogen (secondary N) is 1. The van der Waals surface area contributed by atoms with E-state index < -0.39 is 127 Å². The van der Waals surface area contributed by atoms with Crippen molar-refractivity contribution in [2.45, 2.75) is 166 Å². The second-order valence-corrected chi connectivity index (χ2v) is 27.8. The number of hydrogen-bond acceptors (Lipinski definition) is 25. The minimum atomic E-state index is -2.02. The van der Waals surface area contributed by atoms with Gasteiger partial charge < -0.3 is 114 Å². The van der Waals surface area contributed by atoms with Gasteiger partial charge in [0.2, 0.25) is 6.29 Å². The van der Waals surface area contributed by atoms with Crippen molar-refractivity contribution < 1.29 is 127 Å². The first-order valence-corrected chi connectivity index (χ1v) is 33.7. The van der Waals surface area contributed by atoms with E-state index in [-0.39, 0.29) is 140 Å². The van der Waals surface area contributed by atoms with Crippen LogP contribution in [0.2, 0.25) is 0 Å². The van der Waals surface area contributed by atoms with Crippen molar-refractivity contribution in [3.05, 3.63) is 124 Å². The molecule has 14 atom stereocenters. The SMILES string of the molecule is C=C1C[C@H]2C(O)N(COCc3ccc(O[C@@H]4C[C@H](C(=O)O)[C@@H](O)[C@H](O)[C@H]4O)c(C(=O)CC(C)(C)C)c3)c3cc(OCCCCCOc4cc5c(cc4OC)C(=O)N4CC(=C)C[C@H]4C(O)N5C(=O)OCc4ccc(O[C@@H]5O[C@H](C(=O)O)[C@@H](O)[C@H](O)[C@H]5O)c(C(=O)NCCOC)c4)c(C)cc3C(=O)N2C1. The Balaban J connectivity index is 0.809. The maximum Gasteiger partial charge on any atom is 0.416 e. The highest BCUT2D eigenvalue weighted by molar-refractivity contribution is 6.06. The van der Waals surface area contributed by atoms with E-state index in [9.17, 15) is 84.6 Å². The summed E-state index contributed by atoms with van der Waals surface area (Å²) in [7, 11) is 2.79. The Bertz CT molecular complexity index is 3880. The van der Waals surface area contributed by atoms with E-state index in [4.69, 9.17) is 42.6 Å². The van der Waals surface area contributed by atoms with Gasteiger partial charge in [-0.05, 0) is 97.5 Å². The summed E-state index contributed by atoms with van der Waals surface area (Å²) in [6, 6.07) is 13.1. The van der Waals surface area contributed by atoms with Crippen LogP contribution in [-0.2, 0) is 41.8 Å². The standard InChI is InChI=1S/C72H89N5O26/c1-35-20-47-66(88)76(34-97-32-38-12-14-50(42(23-38)49(78)29-72(4,5)6)101-55-26-44(68(90)91)56(79)58(81)57(55)80)45-27-52(37(3)22-40(45)64(86)74(47)30-35)98-17-10-9-11-18-99-54-28-46-41(25-53(54)96-8)65(87)75-31-36(2)21-48(75)67(89)77(46)71(94)100-33-39-13-15-51(43(24-39)63(85)73-16-19-95-7)102-70-61(84)59(82)60(83)62(103-70)69(92)93/h12-15,22-25,27-28,44,47-48,55-62,66-67,70,79-84,88-89H,1-2,9-11,16-21,26,29-34H2,3-8H3,(H,73,85)(H,90,91)(H,92,93)/t44-,47-,48-,55+,56+,57-,58-,59-,60-,61+,62-,66?,67?,70+/m0/s1. The van der Waals surface area contributed by atoms with Crippen LogP contribution in [0.15, 0.2) is 85.0 Å². The molecule has 1 aliphatic carbocycles. The first-order chi connectivity index (χ1) is 48.9. The van der Waals surface area contributed by atoms with E-state index in [1.807, 2.05) is 20.8 Å². The first kappa shape index (κ1) is 76.6. The number of aliphatic hydroxyl groups excluding tert-OH is 8. The van der Waals surface area contributed by atoms with Crippen molar-refractivity contribution in [1.29, 1.82) is 0 Å². The fourth-order valence-electron chi connectivity index (χ4n) is 13.5. The van der Waals surface area contributed by atoms with Crippen LogP contribution < -0.4 is 38.8 Å². The second kappa shape index (κ2) is 32.4. The van der Waals surface area contributed by atoms with Crippen LogP contribution in [0.1, 0.15) is 124 Å². The minimum absolute atomic E-state index is 0.0196. The average molecular weight is 1440 g/mol. The number of amides is 4. The number of ketones is 1. The van der Waals surface area contributed by atoms with E-state index in [1.165, 1.54) is 55.5 Å². The quantitative estimate of drug-likeness (QED) is 0.0232. The number of carboxylic acids is 2.